The van der Waals surface area contributed by atoms with Crippen LogP contribution in [0.3, 0.4) is 0 Å². The third kappa shape index (κ3) is 3.11. The van der Waals surface area contributed by atoms with Crippen molar-refractivity contribution in [3.63, 3.8) is 0 Å². The van der Waals surface area contributed by atoms with Crippen molar-refractivity contribution in [2.24, 2.45) is 0 Å². The van der Waals surface area contributed by atoms with Gasteiger partial charge in [-0.1, -0.05) is 5.16 Å². The topological polar surface area (TPSA) is 89.2 Å². The fourth-order valence-electron chi connectivity index (χ4n) is 2.45. The molecule has 0 aliphatic carbocycles. The van der Waals surface area contributed by atoms with E-state index in [1.165, 1.54) is 10.6 Å². The minimum atomic E-state index is -3.11. The van der Waals surface area contributed by atoms with E-state index < -0.39 is 10.0 Å². The molecule has 0 spiro atoms. The van der Waals surface area contributed by atoms with Crippen molar-refractivity contribution in [1.82, 2.24) is 19.4 Å². The molecule has 0 bridgehead atoms. The number of sulfonamides is 1. The molecule has 21 heavy (non-hydrogen) atoms. The van der Waals surface area contributed by atoms with E-state index in [4.69, 9.17) is 4.52 Å². The van der Waals surface area contributed by atoms with Gasteiger partial charge in [-0.2, -0.15) is 4.98 Å². The zero-order valence-corrected chi connectivity index (χ0v) is 12.5. The summed E-state index contributed by atoms with van der Waals surface area (Å²) < 4.78 is 29.8. The molecule has 3 rings (SSSR count). The maximum Gasteiger partial charge on any atom is 0.230 e. The van der Waals surface area contributed by atoms with E-state index in [2.05, 4.69) is 15.1 Å². The summed E-state index contributed by atoms with van der Waals surface area (Å²) in [6.07, 6.45) is 6.00. The molecule has 8 heteroatoms. The van der Waals surface area contributed by atoms with Gasteiger partial charge in [-0.25, -0.2) is 12.7 Å². The zero-order chi connectivity index (χ0) is 14.9. The zero-order valence-electron chi connectivity index (χ0n) is 11.6. The van der Waals surface area contributed by atoms with Gasteiger partial charge >= 0.3 is 0 Å². The Morgan fingerprint density at radius 2 is 2.10 bits per heavy atom. The summed E-state index contributed by atoms with van der Waals surface area (Å²) in [4.78, 5) is 8.43. The molecule has 1 saturated heterocycles. The second-order valence-corrected chi connectivity index (χ2v) is 7.12. The molecular weight excluding hydrogens is 292 g/mol. The standard InChI is InChI=1S/C13H16N4O3S/c1-21(18,19)17-7-4-10(5-8-17)13-15-12(16-20-13)11-3-2-6-14-9-11/h2-3,6,9-10H,4-5,7-8H2,1H3. The predicted molar refractivity (Wildman–Crippen MR) is 75.9 cm³/mol. The highest BCUT2D eigenvalue weighted by atomic mass is 32.2. The lowest BCUT2D eigenvalue weighted by atomic mass is 9.98. The first kappa shape index (κ1) is 14.2. The summed E-state index contributed by atoms with van der Waals surface area (Å²) in [5.41, 5.74) is 0.807. The van der Waals surface area contributed by atoms with Crippen LogP contribution in [0.5, 0.6) is 0 Å². The Hall–Kier alpha value is -1.80. The monoisotopic (exact) mass is 308 g/mol. The molecule has 1 fully saturated rings. The molecule has 0 aromatic carbocycles. The Kier molecular flexibility index (Phi) is 3.73. The number of piperidine rings is 1. The minimum Gasteiger partial charge on any atom is -0.339 e. The van der Waals surface area contributed by atoms with Crippen LogP contribution in [0.25, 0.3) is 11.4 Å². The molecule has 7 nitrogen and oxygen atoms in total. The van der Waals surface area contributed by atoms with E-state index in [1.807, 2.05) is 12.1 Å². The van der Waals surface area contributed by atoms with Gasteiger partial charge in [-0.3, -0.25) is 4.98 Å². The van der Waals surface area contributed by atoms with Gasteiger partial charge in [0.15, 0.2) is 0 Å². The van der Waals surface area contributed by atoms with Gasteiger partial charge in [0.2, 0.25) is 21.7 Å². The largest absolute Gasteiger partial charge is 0.339 e. The summed E-state index contributed by atoms with van der Waals surface area (Å²) in [6.45, 7) is 0.988. The molecule has 1 aliphatic rings. The fraction of sp³-hybridized carbons (Fsp3) is 0.462. The van der Waals surface area contributed by atoms with Crippen LogP contribution >= 0.6 is 0 Å². The van der Waals surface area contributed by atoms with E-state index in [-0.39, 0.29) is 5.92 Å². The van der Waals surface area contributed by atoms with Crippen LogP contribution in [0, 0.1) is 0 Å². The summed E-state index contributed by atoms with van der Waals surface area (Å²) in [6, 6.07) is 3.68. The maximum atomic E-state index is 11.5. The SMILES string of the molecule is CS(=O)(=O)N1CCC(c2nc(-c3cccnc3)no2)CC1. The van der Waals surface area contributed by atoms with E-state index in [1.54, 1.807) is 12.4 Å². The quantitative estimate of drug-likeness (QED) is 0.848. The smallest absolute Gasteiger partial charge is 0.230 e. The summed E-state index contributed by atoms with van der Waals surface area (Å²) >= 11 is 0. The third-order valence-corrected chi connectivity index (χ3v) is 4.94. The number of rotatable bonds is 3. The Morgan fingerprint density at radius 3 is 2.71 bits per heavy atom. The first-order chi connectivity index (χ1) is 10.0. The Balaban J connectivity index is 1.71. The molecule has 0 N–H and O–H groups in total. The van der Waals surface area contributed by atoms with Crippen molar-refractivity contribution in [1.29, 1.82) is 0 Å². The second kappa shape index (κ2) is 5.53. The second-order valence-electron chi connectivity index (χ2n) is 5.13. The van der Waals surface area contributed by atoms with E-state index in [0.29, 0.717) is 37.6 Å². The Bertz CT molecular complexity index is 706. The van der Waals surface area contributed by atoms with Crippen molar-refractivity contribution >= 4 is 10.0 Å². The highest BCUT2D eigenvalue weighted by Gasteiger charge is 2.29. The fourth-order valence-corrected chi connectivity index (χ4v) is 3.32. The van der Waals surface area contributed by atoms with Gasteiger partial charge < -0.3 is 4.52 Å². The molecule has 0 atom stereocenters. The number of pyridine rings is 1. The lowest BCUT2D eigenvalue weighted by molar-refractivity contribution is 0.271. The normalized spacial score (nSPS) is 18.0. The Morgan fingerprint density at radius 1 is 1.33 bits per heavy atom. The van der Waals surface area contributed by atoms with E-state index in [0.717, 1.165) is 5.56 Å². The average molecular weight is 308 g/mol. The number of hydrogen-bond donors (Lipinski definition) is 0. The molecule has 0 amide bonds. The van der Waals surface area contributed by atoms with Gasteiger partial charge in [0.25, 0.3) is 0 Å². The van der Waals surface area contributed by atoms with Crippen molar-refractivity contribution < 1.29 is 12.9 Å². The molecule has 2 aromatic heterocycles. The molecule has 0 saturated carbocycles. The number of nitrogens with zero attached hydrogens (tertiary/aromatic N) is 4. The summed E-state index contributed by atoms with van der Waals surface area (Å²) in [7, 11) is -3.11. The van der Waals surface area contributed by atoms with Crippen LogP contribution in [0.15, 0.2) is 29.0 Å². The van der Waals surface area contributed by atoms with Gasteiger partial charge in [-0.05, 0) is 25.0 Å². The molecule has 0 unspecified atom stereocenters. The number of hydrogen-bond acceptors (Lipinski definition) is 6. The van der Waals surface area contributed by atoms with Gasteiger partial charge in [0.1, 0.15) is 0 Å². The molecular formula is C13H16N4O3S. The molecule has 112 valence electrons. The lowest BCUT2D eigenvalue weighted by Gasteiger charge is -2.28. The van der Waals surface area contributed by atoms with E-state index >= 15 is 0 Å². The van der Waals surface area contributed by atoms with Crippen molar-refractivity contribution in [2.75, 3.05) is 19.3 Å². The molecule has 3 heterocycles. The maximum absolute atomic E-state index is 11.5. The van der Waals surface area contributed by atoms with Crippen molar-refractivity contribution in [3.8, 4) is 11.4 Å². The van der Waals surface area contributed by atoms with Crippen LogP contribution in [-0.2, 0) is 10.0 Å². The minimum absolute atomic E-state index is 0.112. The van der Waals surface area contributed by atoms with Gasteiger partial charge in [0, 0.05) is 37.0 Å². The number of aromatic nitrogens is 3. The summed E-state index contributed by atoms with van der Waals surface area (Å²) in [5.74, 6) is 1.20. The molecule has 2 aromatic rings. The molecule has 1 aliphatic heterocycles. The van der Waals surface area contributed by atoms with E-state index in [9.17, 15) is 8.42 Å². The van der Waals surface area contributed by atoms with Crippen LogP contribution < -0.4 is 0 Å². The van der Waals surface area contributed by atoms with Crippen LogP contribution in [0.4, 0.5) is 0 Å². The highest BCUT2D eigenvalue weighted by molar-refractivity contribution is 7.88. The first-order valence-corrected chi connectivity index (χ1v) is 8.58. The highest BCUT2D eigenvalue weighted by Crippen LogP contribution is 2.29. The van der Waals surface area contributed by atoms with Gasteiger partial charge in [-0.15, -0.1) is 0 Å². The van der Waals surface area contributed by atoms with Gasteiger partial charge in [0.05, 0.1) is 6.26 Å². The van der Waals surface area contributed by atoms with Crippen molar-refractivity contribution in [2.45, 2.75) is 18.8 Å². The Labute approximate surface area is 123 Å². The lowest BCUT2D eigenvalue weighted by Crippen LogP contribution is -2.37. The van der Waals surface area contributed by atoms with Crippen molar-refractivity contribution in [3.05, 3.63) is 30.4 Å². The molecule has 0 radical (unpaired) electrons. The predicted octanol–water partition coefficient (Wildman–Crippen LogP) is 1.27. The van der Waals surface area contributed by atoms with Crippen LogP contribution in [-0.4, -0.2) is 47.2 Å². The average Bonchev–Trinajstić information content (AvgIpc) is 2.97. The third-order valence-electron chi connectivity index (χ3n) is 3.63. The van der Waals surface area contributed by atoms with Crippen LogP contribution in [0.2, 0.25) is 0 Å². The van der Waals surface area contributed by atoms with Crippen LogP contribution in [0.1, 0.15) is 24.7 Å². The first-order valence-electron chi connectivity index (χ1n) is 6.73. The summed E-state index contributed by atoms with van der Waals surface area (Å²) in [5, 5.41) is 3.97.